The smallest absolute Gasteiger partial charge is 0.0782 e. The third-order valence-electron chi connectivity index (χ3n) is 11.8. The van der Waals surface area contributed by atoms with Crippen molar-refractivity contribution in [3.05, 3.63) is 212 Å². The van der Waals surface area contributed by atoms with Gasteiger partial charge in [0, 0.05) is 43.7 Å². The highest BCUT2D eigenvalue weighted by atomic mass is 15.1. The maximum absolute atomic E-state index is 2.48. The van der Waals surface area contributed by atoms with Gasteiger partial charge in [-0.05, 0) is 76.9 Å². The van der Waals surface area contributed by atoms with Gasteiger partial charge < -0.3 is 13.7 Å². The van der Waals surface area contributed by atoms with Crippen LogP contribution in [-0.2, 0) is 0 Å². The topological polar surface area (TPSA) is 14.8 Å². The summed E-state index contributed by atoms with van der Waals surface area (Å²) in [7, 11) is 0. The van der Waals surface area contributed by atoms with Crippen LogP contribution >= 0.6 is 0 Å². The van der Waals surface area contributed by atoms with Crippen LogP contribution in [0.5, 0.6) is 0 Å². The molecule has 0 aliphatic carbocycles. The van der Waals surface area contributed by atoms with Crippen molar-refractivity contribution in [3.8, 4) is 39.3 Å². The molecule has 266 valence electrons. The van der Waals surface area contributed by atoms with Crippen molar-refractivity contribution in [1.82, 2.24) is 13.7 Å². The molecule has 0 aliphatic rings. The lowest BCUT2D eigenvalue weighted by molar-refractivity contribution is 1.13. The second kappa shape index (κ2) is 12.5. The lowest BCUT2D eigenvalue weighted by atomic mass is 10.00. The quantitative estimate of drug-likeness (QED) is 0.168. The number of rotatable bonds is 5. The predicted molar refractivity (Wildman–Crippen MR) is 240 cm³/mol. The van der Waals surface area contributed by atoms with Crippen molar-refractivity contribution >= 4 is 65.4 Å². The number of para-hydroxylation sites is 5. The van der Waals surface area contributed by atoms with Crippen LogP contribution in [-0.4, -0.2) is 13.7 Å². The number of hydrogen-bond acceptors (Lipinski definition) is 0. The zero-order chi connectivity index (χ0) is 37.5. The van der Waals surface area contributed by atoms with E-state index in [1.54, 1.807) is 0 Å². The number of aromatic nitrogens is 3. The molecule has 0 saturated carbocycles. The molecule has 3 heterocycles. The third kappa shape index (κ3) is 4.79. The van der Waals surface area contributed by atoms with Crippen molar-refractivity contribution in [3.63, 3.8) is 0 Å². The maximum Gasteiger partial charge on any atom is 0.0782 e. The third-order valence-corrected chi connectivity index (χ3v) is 11.8. The number of hydrogen-bond donors (Lipinski definition) is 0. The van der Waals surface area contributed by atoms with Gasteiger partial charge in [-0.15, -0.1) is 0 Å². The normalized spacial score (nSPS) is 11.9. The van der Waals surface area contributed by atoms with E-state index in [-0.39, 0.29) is 0 Å². The molecule has 0 radical (unpaired) electrons. The van der Waals surface area contributed by atoms with E-state index < -0.39 is 0 Å². The molecule has 0 aliphatic heterocycles. The number of benzene rings is 9. The van der Waals surface area contributed by atoms with E-state index in [0.717, 1.165) is 17.1 Å². The first-order chi connectivity index (χ1) is 28.3. The molecule has 3 nitrogen and oxygen atoms in total. The second-order valence-electron chi connectivity index (χ2n) is 14.9. The van der Waals surface area contributed by atoms with Gasteiger partial charge in [-0.3, -0.25) is 0 Å². The van der Waals surface area contributed by atoms with E-state index in [0.29, 0.717) is 0 Å². The van der Waals surface area contributed by atoms with Crippen LogP contribution in [0.4, 0.5) is 0 Å². The van der Waals surface area contributed by atoms with Gasteiger partial charge in [0.05, 0.1) is 38.8 Å². The minimum absolute atomic E-state index is 1.12. The Kier molecular flexibility index (Phi) is 6.93. The zero-order valence-electron chi connectivity index (χ0n) is 31.0. The molecule has 0 fully saturated rings. The zero-order valence-corrected chi connectivity index (χ0v) is 31.0. The summed E-state index contributed by atoms with van der Waals surface area (Å²) in [4.78, 5) is 0. The van der Waals surface area contributed by atoms with Crippen LogP contribution in [0.2, 0.25) is 0 Å². The molecule has 0 spiro atoms. The monoisotopic (exact) mass is 725 g/mol. The largest absolute Gasteiger partial charge is 0.309 e. The van der Waals surface area contributed by atoms with Crippen LogP contribution in [0.3, 0.4) is 0 Å². The van der Waals surface area contributed by atoms with Gasteiger partial charge in [0.25, 0.3) is 0 Å². The molecule has 0 saturated heterocycles. The Morgan fingerprint density at radius 2 is 0.667 bits per heavy atom. The summed E-state index contributed by atoms with van der Waals surface area (Å²) >= 11 is 0. The van der Waals surface area contributed by atoms with E-state index in [9.17, 15) is 0 Å². The molecule has 57 heavy (non-hydrogen) atoms. The molecule has 3 aromatic heterocycles. The highest BCUT2D eigenvalue weighted by Gasteiger charge is 2.21. The van der Waals surface area contributed by atoms with Gasteiger partial charge in [0.2, 0.25) is 0 Å². The molecule has 0 atom stereocenters. The van der Waals surface area contributed by atoms with E-state index in [4.69, 9.17) is 0 Å². The first-order valence-electron chi connectivity index (χ1n) is 19.6. The Bertz CT molecular complexity index is 3450. The standard InChI is InChI=1S/C54H35N3/c1-2-14-36(15-3-1)37-28-30-38(31-29-37)39-16-12-17-40(34-39)55-48-23-8-4-20-44(48)46-33-32-41(35-53(46)55)56-49-24-9-7-21-45(49)47-22-13-27-52(54(47)56)57-50-25-10-5-18-42(50)43-19-6-11-26-51(43)57/h1-35H. The first-order valence-corrected chi connectivity index (χ1v) is 19.6. The summed E-state index contributed by atoms with van der Waals surface area (Å²) in [5.74, 6) is 0. The summed E-state index contributed by atoms with van der Waals surface area (Å²) in [5, 5.41) is 7.46. The van der Waals surface area contributed by atoms with Crippen molar-refractivity contribution in [2.75, 3.05) is 0 Å². The van der Waals surface area contributed by atoms with Crippen LogP contribution in [0.1, 0.15) is 0 Å². The fourth-order valence-electron chi connectivity index (χ4n) is 9.32. The van der Waals surface area contributed by atoms with Crippen LogP contribution < -0.4 is 0 Å². The number of nitrogens with zero attached hydrogens (tertiary/aromatic N) is 3. The Morgan fingerprint density at radius 1 is 0.228 bits per heavy atom. The maximum atomic E-state index is 2.48. The molecule has 0 bridgehead atoms. The minimum Gasteiger partial charge on any atom is -0.309 e. The van der Waals surface area contributed by atoms with E-state index in [1.807, 2.05) is 0 Å². The molecule has 12 aromatic rings. The van der Waals surface area contributed by atoms with E-state index in [1.165, 1.54) is 87.7 Å². The molecule has 0 amide bonds. The average Bonchev–Trinajstić information content (AvgIpc) is 3.92. The second-order valence-corrected chi connectivity index (χ2v) is 14.9. The fraction of sp³-hybridized carbons (Fsp3) is 0. The summed E-state index contributed by atoms with van der Waals surface area (Å²) < 4.78 is 7.38. The molecule has 3 heteroatoms. The molecule has 0 N–H and O–H groups in total. The summed E-state index contributed by atoms with van der Waals surface area (Å²) in [5.41, 5.74) is 15.4. The van der Waals surface area contributed by atoms with Crippen molar-refractivity contribution in [1.29, 1.82) is 0 Å². The summed E-state index contributed by atoms with van der Waals surface area (Å²) in [6.07, 6.45) is 0. The first kappa shape index (κ1) is 31.7. The Hall–Kier alpha value is -7.62. The van der Waals surface area contributed by atoms with Gasteiger partial charge in [0.15, 0.2) is 0 Å². The van der Waals surface area contributed by atoms with Crippen LogP contribution in [0.25, 0.3) is 105 Å². The Morgan fingerprint density at radius 3 is 1.32 bits per heavy atom. The van der Waals surface area contributed by atoms with Crippen LogP contribution in [0.15, 0.2) is 212 Å². The summed E-state index contributed by atoms with van der Waals surface area (Å²) in [6, 6.07) is 77.4. The van der Waals surface area contributed by atoms with Gasteiger partial charge in [-0.25, -0.2) is 0 Å². The Balaban J connectivity index is 1.09. The van der Waals surface area contributed by atoms with Crippen LogP contribution in [0, 0.1) is 0 Å². The molecule has 12 rings (SSSR count). The molecule has 0 unspecified atom stereocenters. The van der Waals surface area contributed by atoms with Crippen molar-refractivity contribution in [2.45, 2.75) is 0 Å². The van der Waals surface area contributed by atoms with E-state index >= 15 is 0 Å². The molecule has 9 aromatic carbocycles. The lowest BCUT2D eigenvalue weighted by Gasteiger charge is -2.15. The van der Waals surface area contributed by atoms with Gasteiger partial charge in [-0.1, -0.05) is 158 Å². The summed E-state index contributed by atoms with van der Waals surface area (Å²) in [6.45, 7) is 0. The minimum atomic E-state index is 1.12. The van der Waals surface area contributed by atoms with E-state index in [2.05, 4.69) is 226 Å². The highest BCUT2D eigenvalue weighted by Crippen LogP contribution is 2.41. The average molecular weight is 726 g/mol. The Labute approximate surface area is 329 Å². The van der Waals surface area contributed by atoms with Crippen molar-refractivity contribution in [2.24, 2.45) is 0 Å². The SMILES string of the molecule is c1ccc(-c2ccc(-c3cccc(-n4c5ccccc5c5ccc(-n6c7ccccc7c7cccc(-n8c9ccccc9c9ccccc98)c76)cc54)c3)cc2)cc1. The van der Waals surface area contributed by atoms with Crippen molar-refractivity contribution < 1.29 is 0 Å². The highest BCUT2D eigenvalue weighted by molar-refractivity contribution is 6.16. The molecular formula is C54H35N3. The number of fused-ring (bicyclic) bond motifs is 9. The van der Waals surface area contributed by atoms with Gasteiger partial charge in [0.1, 0.15) is 0 Å². The van der Waals surface area contributed by atoms with Gasteiger partial charge in [-0.2, -0.15) is 0 Å². The lowest BCUT2D eigenvalue weighted by Crippen LogP contribution is -2.01. The fourth-order valence-corrected chi connectivity index (χ4v) is 9.32. The predicted octanol–water partition coefficient (Wildman–Crippen LogP) is 14.3. The van der Waals surface area contributed by atoms with Gasteiger partial charge >= 0.3 is 0 Å². The molecular weight excluding hydrogens is 691 g/mol.